The van der Waals surface area contributed by atoms with Gasteiger partial charge in [-0.3, -0.25) is 4.79 Å². The van der Waals surface area contributed by atoms with E-state index >= 15 is 0 Å². The van der Waals surface area contributed by atoms with E-state index in [1.807, 2.05) is 0 Å². The number of aliphatic hydroxyl groups excluding tert-OH is 3. The third-order valence-corrected chi connectivity index (χ3v) is 5.23. The minimum Gasteiger partial charge on any atom is -0.504 e. The number of hydrogen-bond donors (Lipinski definition) is 7. The fourth-order valence-corrected chi connectivity index (χ4v) is 3.42. The predicted octanol–water partition coefficient (Wildman–Crippen LogP) is 0.489. The van der Waals surface area contributed by atoms with E-state index in [0.717, 1.165) is 18.2 Å². The minimum atomic E-state index is -1.73. The van der Waals surface area contributed by atoms with Crippen LogP contribution in [0.2, 0.25) is 0 Å². The summed E-state index contributed by atoms with van der Waals surface area (Å²) in [5, 5.41) is 69.3. The van der Waals surface area contributed by atoms with Gasteiger partial charge in [-0.05, 0) is 25.1 Å². The molecule has 1 fully saturated rings. The van der Waals surface area contributed by atoms with Crippen molar-refractivity contribution >= 4 is 11.0 Å². The van der Waals surface area contributed by atoms with E-state index in [1.165, 1.54) is 19.1 Å². The van der Waals surface area contributed by atoms with E-state index in [0.29, 0.717) is 0 Å². The molecule has 0 saturated carbocycles. The molecule has 5 atom stereocenters. The van der Waals surface area contributed by atoms with Gasteiger partial charge in [0.25, 0.3) is 0 Å². The van der Waals surface area contributed by atoms with Gasteiger partial charge in [0.1, 0.15) is 35.0 Å². The number of rotatable bonds is 3. The first-order chi connectivity index (χ1) is 15.1. The van der Waals surface area contributed by atoms with Crippen molar-refractivity contribution < 1.29 is 49.6 Å². The summed E-state index contributed by atoms with van der Waals surface area (Å²) in [6, 6.07) is 5.76. The lowest BCUT2D eigenvalue weighted by Crippen LogP contribution is -2.58. The Kier molecular flexibility index (Phi) is 5.34. The highest BCUT2D eigenvalue weighted by Crippen LogP contribution is 2.43. The van der Waals surface area contributed by atoms with Crippen LogP contribution in [0, 0.1) is 0 Å². The van der Waals surface area contributed by atoms with Gasteiger partial charge in [0.15, 0.2) is 28.4 Å². The fourth-order valence-electron chi connectivity index (χ4n) is 3.42. The molecule has 0 aliphatic carbocycles. The number of benzene rings is 2. The van der Waals surface area contributed by atoms with E-state index in [-0.39, 0.29) is 28.0 Å². The standard InChI is InChI=1S/C21H20O11/c1-7-16(26)18(28)19(29)21(30-7)32-20-15-11(24)5-13(8-2-3-9(22)10(23)4-8)31-14(15)6-12(25)17(20)27/h2-7,16,18-19,21-23,25-29H,1H3/t7-,16-,18-,19-,21-/m0/s1. The topological polar surface area (TPSA) is 190 Å². The van der Waals surface area contributed by atoms with E-state index < -0.39 is 59.1 Å². The van der Waals surface area contributed by atoms with Gasteiger partial charge < -0.3 is 49.6 Å². The molecule has 4 rings (SSSR count). The Labute approximate surface area is 179 Å². The van der Waals surface area contributed by atoms with E-state index in [1.54, 1.807) is 0 Å². The predicted molar refractivity (Wildman–Crippen MR) is 108 cm³/mol. The molecular weight excluding hydrogens is 428 g/mol. The molecule has 11 heteroatoms. The lowest BCUT2D eigenvalue weighted by atomic mass is 10.00. The molecule has 1 aromatic heterocycles. The number of aliphatic hydroxyl groups is 3. The molecule has 11 nitrogen and oxygen atoms in total. The van der Waals surface area contributed by atoms with Crippen LogP contribution in [0.3, 0.4) is 0 Å². The monoisotopic (exact) mass is 448 g/mol. The zero-order valence-corrected chi connectivity index (χ0v) is 16.5. The van der Waals surface area contributed by atoms with Gasteiger partial charge in [-0.1, -0.05) is 0 Å². The first-order valence-corrected chi connectivity index (χ1v) is 9.50. The van der Waals surface area contributed by atoms with Crippen molar-refractivity contribution in [2.24, 2.45) is 0 Å². The first-order valence-electron chi connectivity index (χ1n) is 9.50. The average Bonchev–Trinajstić information content (AvgIpc) is 2.75. The minimum absolute atomic E-state index is 0.0186. The highest BCUT2D eigenvalue weighted by molar-refractivity contribution is 5.89. The van der Waals surface area contributed by atoms with Crippen LogP contribution in [0.4, 0.5) is 0 Å². The first kappa shape index (κ1) is 21.7. The molecule has 0 bridgehead atoms. The van der Waals surface area contributed by atoms with E-state index in [9.17, 15) is 40.5 Å². The van der Waals surface area contributed by atoms with Crippen molar-refractivity contribution in [1.29, 1.82) is 0 Å². The highest BCUT2D eigenvalue weighted by Gasteiger charge is 2.43. The quantitative estimate of drug-likeness (QED) is 0.276. The van der Waals surface area contributed by atoms with Crippen molar-refractivity contribution in [2.75, 3.05) is 0 Å². The maximum Gasteiger partial charge on any atom is 0.229 e. The second-order valence-corrected chi connectivity index (χ2v) is 7.42. The lowest BCUT2D eigenvalue weighted by Gasteiger charge is -2.39. The summed E-state index contributed by atoms with van der Waals surface area (Å²) in [5.41, 5.74) is -0.673. The van der Waals surface area contributed by atoms with Gasteiger partial charge in [-0.15, -0.1) is 0 Å². The molecule has 0 amide bonds. The number of aromatic hydroxyl groups is 4. The second kappa shape index (κ2) is 7.88. The smallest absolute Gasteiger partial charge is 0.229 e. The zero-order chi connectivity index (χ0) is 23.3. The summed E-state index contributed by atoms with van der Waals surface area (Å²) in [5.74, 6) is -2.93. The summed E-state index contributed by atoms with van der Waals surface area (Å²) in [4.78, 5) is 12.9. The third-order valence-electron chi connectivity index (χ3n) is 5.23. The third kappa shape index (κ3) is 3.56. The normalized spacial score (nSPS) is 25.7. The Morgan fingerprint density at radius 3 is 2.28 bits per heavy atom. The molecule has 7 N–H and O–H groups in total. The van der Waals surface area contributed by atoms with Crippen LogP contribution in [-0.4, -0.2) is 66.5 Å². The van der Waals surface area contributed by atoms with E-state index in [2.05, 4.69) is 0 Å². The van der Waals surface area contributed by atoms with Crippen LogP contribution in [0.1, 0.15) is 6.92 Å². The van der Waals surface area contributed by atoms with Crippen molar-refractivity contribution in [3.05, 3.63) is 40.6 Å². The maximum absolute atomic E-state index is 12.9. The molecule has 2 heterocycles. The molecular formula is C21H20O11. The SMILES string of the molecule is C[C@@H]1O[C@@H](Oc2c(O)c(O)cc3oc(-c4ccc(O)c(O)c4)cc(=O)c23)[C@@H](O)[C@@H](O)[C@H]1O. The largest absolute Gasteiger partial charge is 0.504 e. The molecule has 0 radical (unpaired) electrons. The molecule has 32 heavy (non-hydrogen) atoms. The van der Waals surface area contributed by atoms with Crippen molar-refractivity contribution in [3.63, 3.8) is 0 Å². The van der Waals surface area contributed by atoms with Gasteiger partial charge in [-0.25, -0.2) is 0 Å². The second-order valence-electron chi connectivity index (χ2n) is 7.42. The number of phenolic OH excluding ortho intramolecular Hbond substituents is 4. The molecule has 0 spiro atoms. The average molecular weight is 448 g/mol. The van der Waals surface area contributed by atoms with Gasteiger partial charge in [0.2, 0.25) is 12.0 Å². The molecule has 1 aliphatic heterocycles. The fraction of sp³-hybridized carbons (Fsp3) is 0.286. The lowest BCUT2D eigenvalue weighted by molar-refractivity contribution is -0.268. The maximum atomic E-state index is 12.9. The summed E-state index contributed by atoms with van der Waals surface area (Å²) < 4.78 is 16.4. The van der Waals surface area contributed by atoms with Gasteiger partial charge >= 0.3 is 0 Å². The van der Waals surface area contributed by atoms with Gasteiger partial charge in [-0.2, -0.15) is 0 Å². The molecule has 1 aliphatic rings. The van der Waals surface area contributed by atoms with Crippen molar-refractivity contribution in [2.45, 2.75) is 37.6 Å². The Morgan fingerprint density at radius 1 is 0.875 bits per heavy atom. The van der Waals surface area contributed by atoms with Crippen LogP contribution in [-0.2, 0) is 4.74 Å². The molecule has 1 saturated heterocycles. The van der Waals surface area contributed by atoms with Crippen LogP contribution in [0.25, 0.3) is 22.3 Å². The van der Waals surface area contributed by atoms with Crippen LogP contribution in [0.5, 0.6) is 28.7 Å². The Bertz CT molecular complexity index is 1230. The van der Waals surface area contributed by atoms with Crippen LogP contribution >= 0.6 is 0 Å². The molecule has 3 aromatic rings. The van der Waals surface area contributed by atoms with Crippen LogP contribution in [0.15, 0.2) is 39.5 Å². The Morgan fingerprint density at radius 2 is 1.59 bits per heavy atom. The van der Waals surface area contributed by atoms with Crippen LogP contribution < -0.4 is 10.2 Å². The number of fused-ring (bicyclic) bond motifs is 1. The number of hydrogen-bond acceptors (Lipinski definition) is 11. The highest BCUT2D eigenvalue weighted by atomic mass is 16.7. The number of phenols is 4. The van der Waals surface area contributed by atoms with Gasteiger partial charge in [0.05, 0.1) is 6.10 Å². The number of ether oxygens (including phenoxy) is 2. The summed E-state index contributed by atoms with van der Waals surface area (Å²) in [7, 11) is 0. The zero-order valence-electron chi connectivity index (χ0n) is 16.5. The molecule has 2 aromatic carbocycles. The van der Waals surface area contributed by atoms with E-state index in [4.69, 9.17) is 13.9 Å². The molecule has 0 unspecified atom stereocenters. The van der Waals surface area contributed by atoms with Gasteiger partial charge in [0, 0.05) is 17.7 Å². The summed E-state index contributed by atoms with van der Waals surface area (Å²) >= 11 is 0. The molecule has 170 valence electrons. The Balaban J connectivity index is 1.82. The summed E-state index contributed by atoms with van der Waals surface area (Å²) in [6.07, 6.45) is -7.29. The Hall–Kier alpha value is -3.51. The summed E-state index contributed by atoms with van der Waals surface area (Å²) in [6.45, 7) is 1.42. The van der Waals surface area contributed by atoms with Crippen molar-refractivity contribution in [1.82, 2.24) is 0 Å². The van der Waals surface area contributed by atoms with Crippen molar-refractivity contribution in [3.8, 4) is 40.1 Å².